The third-order valence-corrected chi connectivity index (χ3v) is 4.88. The highest BCUT2D eigenvalue weighted by Gasteiger charge is 2.33. The molecule has 2 amide bonds. The molecular weight excluding hydrogens is 490 g/mol. The molecule has 0 radical (unpaired) electrons. The summed E-state index contributed by atoms with van der Waals surface area (Å²) in [6, 6.07) is 9.69. The quantitative estimate of drug-likeness (QED) is 0.175. The first-order chi connectivity index (χ1) is 17.0. The molecule has 0 aliphatic carbocycles. The van der Waals surface area contributed by atoms with Gasteiger partial charge in [0.25, 0.3) is 0 Å². The predicted molar refractivity (Wildman–Crippen MR) is 122 cm³/mol. The molecule has 0 saturated carbocycles. The highest BCUT2D eigenvalue weighted by Crippen LogP contribution is 2.31. The zero-order valence-corrected chi connectivity index (χ0v) is 19.0. The summed E-state index contributed by atoms with van der Waals surface area (Å²) in [4.78, 5) is 23.6. The largest absolute Gasteiger partial charge is 0.417 e. The number of nitrogens with zero attached hydrogens (tertiary/aromatic N) is 2. The van der Waals surface area contributed by atoms with Crippen LogP contribution in [0.5, 0.6) is 0 Å². The number of alkyl halides is 6. The van der Waals surface area contributed by atoms with Crippen molar-refractivity contribution in [2.45, 2.75) is 50.9 Å². The molecule has 0 aliphatic rings. The summed E-state index contributed by atoms with van der Waals surface area (Å²) in [6.45, 7) is 0. The van der Waals surface area contributed by atoms with Gasteiger partial charge in [-0.3, -0.25) is 9.59 Å². The molecule has 0 atom stereocenters. The van der Waals surface area contributed by atoms with Crippen LogP contribution in [0.15, 0.2) is 58.7 Å². The Morgan fingerprint density at radius 3 is 1.36 bits per heavy atom. The number of amides is 2. The smallest absolute Gasteiger partial charge is 0.273 e. The van der Waals surface area contributed by atoms with Crippen LogP contribution in [0.3, 0.4) is 0 Å². The van der Waals surface area contributed by atoms with Gasteiger partial charge in [0.2, 0.25) is 11.8 Å². The molecule has 0 aliphatic heterocycles. The molecule has 0 spiro atoms. The van der Waals surface area contributed by atoms with Gasteiger partial charge in [0.15, 0.2) is 0 Å². The second kappa shape index (κ2) is 13.4. The van der Waals surface area contributed by atoms with Crippen LogP contribution in [-0.4, -0.2) is 24.2 Å². The maximum Gasteiger partial charge on any atom is 0.417 e. The lowest BCUT2D eigenvalue weighted by Crippen LogP contribution is -2.18. The molecule has 0 fully saturated rings. The SMILES string of the molecule is O=C(CCCCCCC(=O)NN=Cc1ccccc1C(F)(F)F)NN=Cc1ccccc1C(F)(F)F. The van der Waals surface area contributed by atoms with Crippen molar-refractivity contribution < 1.29 is 35.9 Å². The van der Waals surface area contributed by atoms with Gasteiger partial charge in [-0.25, -0.2) is 10.9 Å². The van der Waals surface area contributed by atoms with E-state index in [0.29, 0.717) is 25.7 Å². The third-order valence-electron chi connectivity index (χ3n) is 4.88. The minimum absolute atomic E-state index is 0.105. The number of unbranched alkanes of at least 4 members (excludes halogenated alkanes) is 3. The highest BCUT2D eigenvalue weighted by atomic mass is 19.4. The maximum atomic E-state index is 12.9. The standard InChI is InChI=1S/C24H24F6N4O2/c25-23(26,27)19-11-7-5-9-17(19)15-31-33-21(35)13-3-1-2-4-14-22(36)34-32-16-18-10-6-8-12-20(18)24(28,29)30/h5-12,15-16H,1-4,13-14H2,(H,33,35)(H,34,36). The number of nitrogens with one attached hydrogen (secondary N) is 2. The molecule has 194 valence electrons. The molecule has 2 aromatic carbocycles. The molecule has 2 N–H and O–H groups in total. The van der Waals surface area contributed by atoms with E-state index in [-0.39, 0.29) is 24.0 Å². The molecular formula is C24H24F6N4O2. The van der Waals surface area contributed by atoms with E-state index >= 15 is 0 Å². The van der Waals surface area contributed by atoms with Crippen LogP contribution in [0.2, 0.25) is 0 Å². The van der Waals surface area contributed by atoms with Crippen molar-refractivity contribution in [1.82, 2.24) is 10.9 Å². The number of benzene rings is 2. The Hall–Kier alpha value is -3.70. The Balaban J connectivity index is 1.62. The average Bonchev–Trinajstić information content (AvgIpc) is 2.80. The first kappa shape index (κ1) is 28.5. The van der Waals surface area contributed by atoms with E-state index in [1.807, 2.05) is 0 Å². The van der Waals surface area contributed by atoms with Crippen molar-refractivity contribution in [2.24, 2.45) is 10.2 Å². The lowest BCUT2D eigenvalue weighted by atomic mass is 10.1. The van der Waals surface area contributed by atoms with E-state index in [4.69, 9.17) is 0 Å². The second-order valence-corrected chi connectivity index (χ2v) is 7.67. The lowest BCUT2D eigenvalue weighted by molar-refractivity contribution is -0.138. The zero-order chi connectivity index (χ0) is 26.6. The van der Waals surface area contributed by atoms with E-state index in [1.54, 1.807) is 0 Å². The van der Waals surface area contributed by atoms with Gasteiger partial charge in [-0.05, 0) is 25.0 Å². The van der Waals surface area contributed by atoms with E-state index in [2.05, 4.69) is 21.1 Å². The molecule has 0 bridgehead atoms. The zero-order valence-electron chi connectivity index (χ0n) is 19.0. The Kier molecular flexibility index (Phi) is 10.6. The number of hydrogen-bond donors (Lipinski definition) is 2. The number of carbonyl (C=O) groups excluding carboxylic acids is 2. The Morgan fingerprint density at radius 1 is 0.639 bits per heavy atom. The molecule has 12 heteroatoms. The normalized spacial score (nSPS) is 12.3. The van der Waals surface area contributed by atoms with Gasteiger partial charge in [0, 0.05) is 24.0 Å². The number of rotatable bonds is 11. The van der Waals surface area contributed by atoms with Crippen molar-refractivity contribution in [2.75, 3.05) is 0 Å². The fraction of sp³-hybridized carbons (Fsp3) is 0.333. The van der Waals surface area contributed by atoms with Gasteiger partial charge in [-0.15, -0.1) is 0 Å². The van der Waals surface area contributed by atoms with Crippen molar-refractivity contribution in [1.29, 1.82) is 0 Å². The van der Waals surface area contributed by atoms with Crippen molar-refractivity contribution >= 4 is 24.2 Å². The lowest BCUT2D eigenvalue weighted by Gasteiger charge is -2.09. The second-order valence-electron chi connectivity index (χ2n) is 7.67. The predicted octanol–water partition coefficient (Wildman–Crippen LogP) is 5.67. The molecule has 0 aromatic heterocycles. The summed E-state index contributed by atoms with van der Waals surface area (Å²) >= 11 is 0. The van der Waals surface area contributed by atoms with E-state index in [1.165, 1.54) is 36.4 Å². The summed E-state index contributed by atoms with van der Waals surface area (Å²) in [5.41, 5.74) is 2.31. The summed E-state index contributed by atoms with van der Waals surface area (Å²) in [7, 11) is 0. The van der Waals surface area contributed by atoms with Gasteiger partial charge in [0.1, 0.15) is 0 Å². The Labute approximate surface area is 203 Å². The number of hydrogen-bond acceptors (Lipinski definition) is 4. The summed E-state index contributed by atoms with van der Waals surface area (Å²) in [5, 5.41) is 7.14. The summed E-state index contributed by atoms with van der Waals surface area (Å²) < 4.78 is 77.5. The van der Waals surface area contributed by atoms with Crippen LogP contribution in [-0.2, 0) is 21.9 Å². The van der Waals surface area contributed by atoms with Gasteiger partial charge >= 0.3 is 12.4 Å². The fourth-order valence-electron chi connectivity index (χ4n) is 3.12. The number of carbonyl (C=O) groups is 2. The van der Waals surface area contributed by atoms with Crippen LogP contribution in [0.1, 0.15) is 60.8 Å². The molecule has 2 rings (SSSR count). The Bertz CT molecular complexity index is 995. The number of halogens is 6. The van der Waals surface area contributed by atoms with Crippen LogP contribution in [0.4, 0.5) is 26.3 Å². The van der Waals surface area contributed by atoms with Crippen LogP contribution in [0.25, 0.3) is 0 Å². The van der Waals surface area contributed by atoms with Crippen molar-refractivity contribution in [3.63, 3.8) is 0 Å². The van der Waals surface area contributed by atoms with E-state index < -0.39 is 35.3 Å². The van der Waals surface area contributed by atoms with E-state index in [0.717, 1.165) is 24.6 Å². The van der Waals surface area contributed by atoms with Crippen molar-refractivity contribution in [3.05, 3.63) is 70.8 Å². The minimum atomic E-state index is -4.53. The topological polar surface area (TPSA) is 82.9 Å². The van der Waals surface area contributed by atoms with E-state index in [9.17, 15) is 35.9 Å². The van der Waals surface area contributed by atoms with Crippen LogP contribution in [0, 0.1) is 0 Å². The fourth-order valence-corrected chi connectivity index (χ4v) is 3.12. The third kappa shape index (κ3) is 9.88. The van der Waals surface area contributed by atoms with Gasteiger partial charge in [0.05, 0.1) is 23.6 Å². The minimum Gasteiger partial charge on any atom is -0.273 e. The summed E-state index contributed by atoms with van der Waals surface area (Å²) in [6.07, 6.45) is -4.80. The van der Waals surface area contributed by atoms with Crippen LogP contribution >= 0.6 is 0 Å². The molecule has 6 nitrogen and oxygen atoms in total. The average molecular weight is 514 g/mol. The molecule has 0 heterocycles. The van der Waals surface area contributed by atoms with Gasteiger partial charge in [-0.1, -0.05) is 49.2 Å². The highest BCUT2D eigenvalue weighted by molar-refractivity contribution is 5.84. The molecule has 0 unspecified atom stereocenters. The molecule has 0 saturated heterocycles. The first-order valence-electron chi connectivity index (χ1n) is 10.9. The number of hydrazone groups is 2. The summed E-state index contributed by atoms with van der Waals surface area (Å²) in [5.74, 6) is -0.913. The monoisotopic (exact) mass is 514 g/mol. The van der Waals surface area contributed by atoms with Gasteiger partial charge in [-0.2, -0.15) is 36.5 Å². The van der Waals surface area contributed by atoms with Gasteiger partial charge < -0.3 is 0 Å². The van der Waals surface area contributed by atoms with Crippen molar-refractivity contribution in [3.8, 4) is 0 Å². The molecule has 36 heavy (non-hydrogen) atoms. The maximum absolute atomic E-state index is 12.9. The Morgan fingerprint density at radius 2 is 1.00 bits per heavy atom. The van der Waals surface area contributed by atoms with Crippen LogP contribution < -0.4 is 10.9 Å². The molecule has 2 aromatic rings. The first-order valence-corrected chi connectivity index (χ1v) is 10.9.